The summed E-state index contributed by atoms with van der Waals surface area (Å²) in [5.41, 5.74) is 0.890. The quantitative estimate of drug-likeness (QED) is 0.516. The Hall–Kier alpha value is -3.04. The molecule has 2 N–H and O–H groups in total. The van der Waals surface area contributed by atoms with Gasteiger partial charge in [-0.05, 0) is 36.6 Å². The molecule has 4 aromatic rings. The van der Waals surface area contributed by atoms with E-state index in [1.807, 2.05) is 22.9 Å². The van der Waals surface area contributed by atoms with E-state index in [9.17, 15) is 14.4 Å². The van der Waals surface area contributed by atoms with Gasteiger partial charge in [0, 0.05) is 17.5 Å². The molecule has 1 aromatic carbocycles. The smallest absolute Gasteiger partial charge is 0.316 e. The highest BCUT2D eigenvalue weighted by Gasteiger charge is 2.13. The van der Waals surface area contributed by atoms with Crippen molar-refractivity contribution in [3.05, 3.63) is 67.4 Å². The van der Waals surface area contributed by atoms with Gasteiger partial charge in [-0.25, -0.2) is 4.98 Å². The minimum absolute atomic E-state index is 0.334. The Kier molecular flexibility index (Phi) is 4.46. The number of thiophene rings is 1. The number of aryl methyl sites for hydroxylation is 1. The van der Waals surface area contributed by atoms with Crippen LogP contribution >= 0.6 is 22.7 Å². The molecule has 0 atom stereocenters. The predicted molar refractivity (Wildman–Crippen MR) is 108 cm³/mol. The minimum atomic E-state index is -0.706. The molecular formula is C18H14N4O3S2. The number of fused-ring (bicyclic) bond motifs is 1. The summed E-state index contributed by atoms with van der Waals surface area (Å²) in [4.78, 5) is 44.3. The summed E-state index contributed by atoms with van der Waals surface area (Å²) in [5, 5.41) is 7.13. The number of thiazole rings is 1. The Labute approximate surface area is 161 Å². The standard InChI is InChI=1S/C18H14N4O3S2/c1-2-22-13-6-5-10(8-11(13)19-16(24)17(22)25)15(23)21-18-20-12(9-27-18)14-4-3-7-26-14/h3-9H,2H2,1H3,(H,19,24)(H,20,21,23). The number of aromatic amines is 1. The van der Waals surface area contributed by atoms with E-state index in [0.29, 0.717) is 28.3 Å². The van der Waals surface area contributed by atoms with Gasteiger partial charge in [-0.2, -0.15) is 0 Å². The Morgan fingerprint density at radius 2 is 2.11 bits per heavy atom. The van der Waals surface area contributed by atoms with Gasteiger partial charge < -0.3 is 9.55 Å². The molecule has 0 saturated carbocycles. The lowest BCUT2D eigenvalue weighted by molar-refractivity contribution is 0.102. The number of hydrogen-bond acceptors (Lipinski definition) is 6. The van der Waals surface area contributed by atoms with Crippen molar-refractivity contribution >= 4 is 44.7 Å². The normalized spacial score (nSPS) is 11.0. The summed E-state index contributed by atoms with van der Waals surface area (Å²) in [5.74, 6) is -0.334. The number of hydrogen-bond donors (Lipinski definition) is 2. The Morgan fingerprint density at radius 3 is 2.85 bits per heavy atom. The van der Waals surface area contributed by atoms with Gasteiger partial charge in [0.2, 0.25) is 0 Å². The van der Waals surface area contributed by atoms with E-state index < -0.39 is 11.1 Å². The lowest BCUT2D eigenvalue weighted by Crippen LogP contribution is -2.36. The molecule has 1 amide bonds. The van der Waals surface area contributed by atoms with Gasteiger partial charge in [0.1, 0.15) is 0 Å². The summed E-state index contributed by atoms with van der Waals surface area (Å²) in [6, 6.07) is 8.76. The van der Waals surface area contributed by atoms with E-state index in [4.69, 9.17) is 0 Å². The third-order valence-corrected chi connectivity index (χ3v) is 5.70. The first-order valence-electron chi connectivity index (χ1n) is 8.14. The van der Waals surface area contributed by atoms with E-state index in [-0.39, 0.29) is 5.91 Å². The van der Waals surface area contributed by atoms with Crippen molar-refractivity contribution in [1.29, 1.82) is 0 Å². The molecule has 3 heterocycles. The monoisotopic (exact) mass is 398 g/mol. The predicted octanol–water partition coefficient (Wildman–Crippen LogP) is 3.15. The topological polar surface area (TPSA) is 96.9 Å². The molecule has 27 heavy (non-hydrogen) atoms. The second kappa shape index (κ2) is 6.93. The van der Waals surface area contributed by atoms with Crippen molar-refractivity contribution in [2.75, 3.05) is 5.32 Å². The lowest BCUT2D eigenvalue weighted by atomic mass is 10.1. The van der Waals surface area contributed by atoms with E-state index in [1.54, 1.807) is 36.5 Å². The molecule has 0 bridgehead atoms. The van der Waals surface area contributed by atoms with Crippen molar-refractivity contribution < 1.29 is 4.79 Å². The van der Waals surface area contributed by atoms with Crippen LogP contribution in [0.5, 0.6) is 0 Å². The van der Waals surface area contributed by atoms with Crippen molar-refractivity contribution in [2.45, 2.75) is 13.5 Å². The lowest BCUT2D eigenvalue weighted by Gasteiger charge is -2.08. The van der Waals surface area contributed by atoms with Crippen LogP contribution < -0.4 is 16.4 Å². The van der Waals surface area contributed by atoms with Crippen LogP contribution in [0, 0.1) is 0 Å². The van der Waals surface area contributed by atoms with Crippen LogP contribution in [0.2, 0.25) is 0 Å². The molecule has 0 aliphatic rings. The SMILES string of the molecule is CCn1c(=O)c(=O)[nH]c2cc(C(=O)Nc3nc(-c4cccs4)cs3)ccc21. The van der Waals surface area contributed by atoms with E-state index >= 15 is 0 Å². The molecular weight excluding hydrogens is 384 g/mol. The number of H-pyrrole nitrogens is 1. The Bertz CT molecular complexity index is 1250. The van der Waals surface area contributed by atoms with Gasteiger partial charge in [-0.1, -0.05) is 6.07 Å². The third-order valence-electron chi connectivity index (χ3n) is 4.05. The van der Waals surface area contributed by atoms with Gasteiger partial charge in [-0.15, -0.1) is 22.7 Å². The van der Waals surface area contributed by atoms with Crippen LogP contribution in [-0.2, 0) is 6.54 Å². The average Bonchev–Trinajstić information content (AvgIpc) is 3.34. The van der Waals surface area contributed by atoms with Crippen molar-refractivity contribution in [3.8, 4) is 10.6 Å². The zero-order valence-electron chi connectivity index (χ0n) is 14.2. The van der Waals surface area contributed by atoms with Crippen LogP contribution in [0.15, 0.2) is 50.7 Å². The van der Waals surface area contributed by atoms with Gasteiger partial charge in [0.05, 0.1) is 21.6 Å². The fourth-order valence-electron chi connectivity index (χ4n) is 2.77. The summed E-state index contributed by atoms with van der Waals surface area (Å²) in [6.07, 6.45) is 0. The molecule has 136 valence electrons. The summed E-state index contributed by atoms with van der Waals surface area (Å²) < 4.78 is 1.38. The zero-order valence-corrected chi connectivity index (χ0v) is 15.8. The number of benzene rings is 1. The first-order chi connectivity index (χ1) is 13.1. The molecule has 4 rings (SSSR count). The Morgan fingerprint density at radius 1 is 1.26 bits per heavy atom. The number of anilines is 1. The summed E-state index contributed by atoms with van der Waals surface area (Å²) in [6.45, 7) is 2.16. The van der Waals surface area contributed by atoms with Crippen LogP contribution in [0.4, 0.5) is 5.13 Å². The second-order valence-electron chi connectivity index (χ2n) is 5.70. The maximum absolute atomic E-state index is 12.6. The highest BCUT2D eigenvalue weighted by atomic mass is 32.1. The highest BCUT2D eigenvalue weighted by Crippen LogP contribution is 2.28. The van der Waals surface area contributed by atoms with Crippen molar-refractivity contribution in [1.82, 2.24) is 14.5 Å². The number of aromatic nitrogens is 3. The van der Waals surface area contributed by atoms with Gasteiger partial charge in [0.25, 0.3) is 5.91 Å². The molecule has 0 aliphatic heterocycles. The number of amides is 1. The molecule has 0 aliphatic carbocycles. The van der Waals surface area contributed by atoms with Crippen molar-refractivity contribution in [3.63, 3.8) is 0 Å². The van der Waals surface area contributed by atoms with E-state index in [0.717, 1.165) is 10.6 Å². The van der Waals surface area contributed by atoms with Gasteiger partial charge >= 0.3 is 11.1 Å². The fourth-order valence-corrected chi connectivity index (χ4v) is 4.24. The number of carbonyl (C=O) groups excluding carboxylic acids is 1. The van der Waals surface area contributed by atoms with Crippen LogP contribution in [0.1, 0.15) is 17.3 Å². The number of rotatable bonds is 4. The first-order valence-corrected chi connectivity index (χ1v) is 9.90. The minimum Gasteiger partial charge on any atom is -0.316 e. The number of nitrogens with zero attached hydrogens (tertiary/aromatic N) is 2. The summed E-state index contributed by atoms with van der Waals surface area (Å²) in [7, 11) is 0. The van der Waals surface area contributed by atoms with Gasteiger partial charge in [0.15, 0.2) is 5.13 Å². The van der Waals surface area contributed by atoms with E-state index in [1.165, 1.54) is 15.9 Å². The number of carbonyl (C=O) groups is 1. The van der Waals surface area contributed by atoms with Crippen LogP contribution in [0.3, 0.4) is 0 Å². The maximum Gasteiger partial charge on any atom is 0.316 e. The molecule has 0 unspecified atom stereocenters. The second-order valence-corrected chi connectivity index (χ2v) is 7.51. The van der Waals surface area contributed by atoms with Gasteiger partial charge in [-0.3, -0.25) is 19.7 Å². The van der Waals surface area contributed by atoms with E-state index in [2.05, 4.69) is 15.3 Å². The fraction of sp³-hybridized carbons (Fsp3) is 0.111. The summed E-state index contributed by atoms with van der Waals surface area (Å²) >= 11 is 2.93. The molecule has 0 spiro atoms. The third kappa shape index (κ3) is 3.22. The molecule has 0 saturated heterocycles. The highest BCUT2D eigenvalue weighted by molar-refractivity contribution is 7.16. The van der Waals surface area contributed by atoms with Crippen molar-refractivity contribution in [2.24, 2.45) is 0 Å². The largest absolute Gasteiger partial charge is 0.316 e. The van der Waals surface area contributed by atoms with Crippen LogP contribution in [0.25, 0.3) is 21.6 Å². The molecule has 7 nitrogen and oxygen atoms in total. The average molecular weight is 398 g/mol. The Balaban J connectivity index is 1.64. The molecule has 9 heteroatoms. The molecule has 0 radical (unpaired) electrons. The zero-order chi connectivity index (χ0) is 19.0. The molecule has 0 fully saturated rings. The molecule has 3 aromatic heterocycles. The first kappa shape index (κ1) is 17.4. The van der Waals surface area contributed by atoms with Crippen LogP contribution in [-0.4, -0.2) is 20.4 Å². The number of nitrogens with one attached hydrogen (secondary N) is 2. The maximum atomic E-state index is 12.6.